The van der Waals surface area contributed by atoms with Gasteiger partial charge in [0.1, 0.15) is 6.04 Å². The highest BCUT2D eigenvalue weighted by Gasteiger charge is 2.32. The predicted molar refractivity (Wildman–Crippen MR) is 64.7 cm³/mol. The molecule has 0 aliphatic carbocycles. The quantitative estimate of drug-likeness (QED) is 0.624. The molecule has 3 rings (SSSR count). The molecule has 0 radical (unpaired) electrons. The third kappa shape index (κ3) is 1.72. The average Bonchev–Trinajstić information content (AvgIpc) is 2.48. The van der Waals surface area contributed by atoms with E-state index in [1.165, 1.54) is 0 Å². The maximum absolute atomic E-state index is 11.9. The molecule has 1 atom stereocenters. The van der Waals surface area contributed by atoms with Gasteiger partial charge >= 0.3 is 0 Å². The minimum Gasteiger partial charge on any atom is -0.399 e. The fourth-order valence-corrected chi connectivity index (χ4v) is 2.44. The van der Waals surface area contributed by atoms with Crippen molar-refractivity contribution in [3.8, 4) is 0 Å². The summed E-state index contributed by atoms with van der Waals surface area (Å²) in [6.45, 7) is 2.39. The maximum Gasteiger partial charge on any atom is 0.245 e. The molecule has 1 aromatic carbocycles. The van der Waals surface area contributed by atoms with Crippen molar-refractivity contribution in [3.05, 3.63) is 23.8 Å². The normalized spacial score (nSPS) is 23.4. The Hall–Kier alpha value is -1.75. The largest absolute Gasteiger partial charge is 0.399 e. The van der Waals surface area contributed by atoms with Gasteiger partial charge in [0.05, 0.1) is 13.2 Å². The van der Waals surface area contributed by atoms with Crippen molar-refractivity contribution in [1.82, 2.24) is 5.32 Å². The third-order valence-electron chi connectivity index (χ3n) is 3.30. The number of anilines is 2. The molecule has 1 amide bonds. The molecule has 0 bridgehead atoms. The molecule has 0 spiro atoms. The zero-order valence-corrected chi connectivity index (χ0v) is 9.48. The van der Waals surface area contributed by atoms with E-state index in [-0.39, 0.29) is 11.9 Å². The van der Waals surface area contributed by atoms with E-state index in [2.05, 4.69) is 10.2 Å². The van der Waals surface area contributed by atoms with Crippen molar-refractivity contribution >= 4 is 17.3 Å². The summed E-state index contributed by atoms with van der Waals surface area (Å²) in [6, 6.07) is 5.58. The van der Waals surface area contributed by atoms with Crippen LogP contribution in [0, 0.1) is 0 Å². The summed E-state index contributed by atoms with van der Waals surface area (Å²) in [5.74, 6) is 0.0273. The van der Waals surface area contributed by atoms with Crippen LogP contribution < -0.4 is 16.0 Å². The average molecular weight is 233 g/mol. The number of fused-ring (bicyclic) bond motifs is 3. The lowest BCUT2D eigenvalue weighted by molar-refractivity contribution is -0.124. The fourth-order valence-electron chi connectivity index (χ4n) is 2.44. The van der Waals surface area contributed by atoms with Crippen LogP contribution in [0.3, 0.4) is 0 Å². The number of hydrogen-bond donors (Lipinski definition) is 2. The van der Waals surface area contributed by atoms with Gasteiger partial charge in [0.2, 0.25) is 5.91 Å². The Bertz CT molecular complexity index is 461. The molecule has 0 saturated carbocycles. The number of carbonyl (C=O) groups excluding carboxylic acids is 1. The van der Waals surface area contributed by atoms with Gasteiger partial charge in [0.25, 0.3) is 0 Å². The van der Waals surface area contributed by atoms with E-state index in [9.17, 15) is 4.79 Å². The topological polar surface area (TPSA) is 67.6 Å². The van der Waals surface area contributed by atoms with Crippen molar-refractivity contribution in [3.63, 3.8) is 0 Å². The molecule has 2 aliphatic rings. The summed E-state index contributed by atoms with van der Waals surface area (Å²) < 4.78 is 5.38. The minimum absolute atomic E-state index is 0.0273. The number of amides is 1. The molecule has 0 unspecified atom stereocenters. The Morgan fingerprint density at radius 1 is 1.47 bits per heavy atom. The van der Waals surface area contributed by atoms with E-state index in [0.717, 1.165) is 23.5 Å². The fraction of sp³-hybridized carbons (Fsp3) is 0.417. The third-order valence-corrected chi connectivity index (χ3v) is 3.30. The van der Waals surface area contributed by atoms with E-state index >= 15 is 0 Å². The number of hydrogen-bond acceptors (Lipinski definition) is 4. The highest BCUT2D eigenvalue weighted by atomic mass is 16.5. The van der Waals surface area contributed by atoms with Crippen LogP contribution in [0.15, 0.2) is 18.2 Å². The lowest BCUT2D eigenvalue weighted by Crippen LogP contribution is -2.52. The van der Waals surface area contributed by atoms with E-state index in [0.29, 0.717) is 19.8 Å². The van der Waals surface area contributed by atoms with Gasteiger partial charge in [-0.1, -0.05) is 0 Å². The number of nitrogens with zero attached hydrogens (tertiary/aromatic N) is 1. The van der Waals surface area contributed by atoms with Crippen LogP contribution >= 0.6 is 0 Å². The summed E-state index contributed by atoms with van der Waals surface area (Å²) in [7, 11) is 0. The monoisotopic (exact) mass is 233 g/mol. The molecule has 1 aromatic rings. The first-order valence-electron chi connectivity index (χ1n) is 5.76. The van der Waals surface area contributed by atoms with Gasteiger partial charge in [-0.3, -0.25) is 4.79 Å². The van der Waals surface area contributed by atoms with Gasteiger partial charge in [0.15, 0.2) is 0 Å². The van der Waals surface area contributed by atoms with Crippen LogP contribution in [0.2, 0.25) is 0 Å². The molecule has 2 aliphatic heterocycles. The first-order chi connectivity index (χ1) is 8.25. The molecule has 3 N–H and O–H groups in total. The Labute approximate surface area is 99.5 Å². The second kappa shape index (κ2) is 3.92. The molecule has 90 valence electrons. The van der Waals surface area contributed by atoms with E-state index in [1.807, 2.05) is 18.2 Å². The van der Waals surface area contributed by atoms with Crippen molar-refractivity contribution in [2.45, 2.75) is 12.6 Å². The van der Waals surface area contributed by atoms with Gasteiger partial charge in [-0.15, -0.1) is 0 Å². The van der Waals surface area contributed by atoms with E-state index in [4.69, 9.17) is 10.5 Å². The Kier molecular flexibility index (Phi) is 2.40. The predicted octanol–water partition coefficient (Wildman–Crippen LogP) is 0.104. The highest BCUT2D eigenvalue weighted by Crippen LogP contribution is 2.28. The van der Waals surface area contributed by atoms with Gasteiger partial charge in [-0.2, -0.15) is 0 Å². The second-order valence-corrected chi connectivity index (χ2v) is 4.39. The SMILES string of the molecule is Nc1ccc2c(c1)CNC(=O)[C@@H]1COCCN21. The second-order valence-electron chi connectivity index (χ2n) is 4.39. The maximum atomic E-state index is 11.9. The summed E-state index contributed by atoms with van der Waals surface area (Å²) in [4.78, 5) is 14.0. The number of nitrogens with one attached hydrogen (secondary N) is 1. The van der Waals surface area contributed by atoms with Crippen LogP contribution in [0.1, 0.15) is 5.56 Å². The number of carbonyl (C=O) groups is 1. The first-order valence-corrected chi connectivity index (χ1v) is 5.76. The number of nitrogen functional groups attached to an aromatic ring is 1. The Morgan fingerprint density at radius 3 is 3.24 bits per heavy atom. The summed E-state index contributed by atoms with van der Waals surface area (Å²) in [5, 5.41) is 2.91. The molecule has 17 heavy (non-hydrogen) atoms. The van der Waals surface area contributed by atoms with E-state index in [1.54, 1.807) is 0 Å². The molecule has 5 heteroatoms. The van der Waals surface area contributed by atoms with Gasteiger partial charge < -0.3 is 20.7 Å². The highest BCUT2D eigenvalue weighted by molar-refractivity contribution is 5.87. The van der Waals surface area contributed by atoms with E-state index < -0.39 is 0 Å². The Morgan fingerprint density at radius 2 is 2.35 bits per heavy atom. The summed E-state index contributed by atoms with van der Waals surface area (Å²) in [5.41, 5.74) is 8.67. The number of morpholine rings is 1. The Balaban J connectivity index is 2.05. The lowest BCUT2D eigenvalue weighted by Gasteiger charge is -2.35. The van der Waals surface area contributed by atoms with Crippen molar-refractivity contribution in [2.24, 2.45) is 0 Å². The molecule has 1 fully saturated rings. The van der Waals surface area contributed by atoms with Crippen LogP contribution in [-0.4, -0.2) is 31.7 Å². The molecular formula is C12H15N3O2. The standard InChI is InChI=1S/C12H15N3O2/c13-9-1-2-10-8(5-9)6-14-12(16)11-7-17-4-3-15(10)11/h1-2,5,11H,3-4,6-7,13H2,(H,14,16)/t11-/m0/s1. The number of rotatable bonds is 0. The molecule has 1 saturated heterocycles. The number of benzene rings is 1. The smallest absolute Gasteiger partial charge is 0.245 e. The van der Waals surface area contributed by atoms with Crippen LogP contribution in [0.4, 0.5) is 11.4 Å². The minimum atomic E-state index is -0.214. The molecule has 0 aromatic heterocycles. The molecule has 5 nitrogen and oxygen atoms in total. The molecular weight excluding hydrogens is 218 g/mol. The number of ether oxygens (including phenoxy) is 1. The van der Waals surface area contributed by atoms with Gasteiger partial charge in [-0.05, 0) is 23.8 Å². The van der Waals surface area contributed by atoms with Crippen LogP contribution in [0.25, 0.3) is 0 Å². The zero-order valence-electron chi connectivity index (χ0n) is 9.48. The van der Waals surface area contributed by atoms with Gasteiger partial charge in [0, 0.05) is 24.5 Å². The summed E-state index contributed by atoms with van der Waals surface area (Å²) >= 11 is 0. The van der Waals surface area contributed by atoms with Crippen molar-refractivity contribution < 1.29 is 9.53 Å². The molecule has 2 heterocycles. The van der Waals surface area contributed by atoms with Crippen molar-refractivity contribution in [2.75, 3.05) is 30.4 Å². The van der Waals surface area contributed by atoms with Crippen LogP contribution in [0.5, 0.6) is 0 Å². The lowest BCUT2D eigenvalue weighted by atomic mass is 10.1. The van der Waals surface area contributed by atoms with Crippen molar-refractivity contribution in [1.29, 1.82) is 0 Å². The first kappa shape index (κ1) is 10.4. The summed E-state index contributed by atoms with van der Waals surface area (Å²) in [6.07, 6.45) is 0. The van der Waals surface area contributed by atoms with Gasteiger partial charge in [-0.25, -0.2) is 0 Å². The van der Waals surface area contributed by atoms with Crippen LogP contribution in [-0.2, 0) is 16.1 Å². The zero-order chi connectivity index (χ0) is 11.8. The number of nitrogens with two attached hydrogens (primary N) is 1.